The van der Waals surface area contributed by atoms with Crippen LogP contribution in [0.2, 0.25) is 0 Å². The molecule has 13 heavy (non-hydrogen) atoms. The minimum Gasteiger partial charge on any atom is -0.466 e. The standard InChI is InChI=1S/C8H14O5/c1-3-12-7(9)6(2)4-5-13-8(10)11/h6H,3-5H2,1-2H3,(H,10,11). The van der Waals surface area contributed by atoms with Gasteiger partial charge in [-0.15, -0.1) is 0 Å². The van der Waals surface area contributed by atoms with Crippen molar-refractivity contribution in [2.24, 2.45) is 5.92 Å². The Morgan fingerprint density at radius 3 is 2.46 bits per heavy atom. The van der Waals surface area contributed by atoms with Crippen LogP contribution in [-0.4, -0.2) is 30.4 Å². The van der Waals surface area contributed by atoms with E-state index in [1.54, 1.807) is 13.8 Å². The van der Waals surface area contributed by atoms with Crippen LogP contribution in [0.3, 0.4) is 0 Å². The smallest absolute Gasteiger partial charge is 0.466 e. The van der Waals surface area contributed by atoms with Crippen molar-refractivity contribution in [3.8, 4) is 0 Å². The first-order valence-corrected chi connectivity index (χ1v) is 4.10. The molecule has 0 spiro atoms. The van der Waals surface area contributed by atoms with Gasteiger partial charge in [-0.25, -0.2) is 4.79 Å². The maximum atomic E-state index is 11.0. The highest BCUT2D eigenvalue weighted by Gasteiger charge is 2.13. The molecule has 0 aromatic heterocycles. The molecule has 1 unspecified atom stereocenters. The van der Waals surface area contributed by atoms with E-state index >= 15 is 0 Å². The molecule has 0 aliphatic carbocycles. The van der Waals surface area contributed by atoms with E-state index in [2.05, 4.69) is 4.74 Å². The second-order valence-corrected chi connectivity index (χ2v) is 2.56. The second-order valence-electron chi connectivity index (χ2n) is 2.56. The lowest BCUT2D eigenvalue weighted by atomic mass is 10.1. The van der Waals surface area contributed by atoms with Gasteiger partial charge in [0.15, 0.2) is 0 Å². The number of ether oxygens (including phenoxy) is 2. The summed E-state index contributed by atoms with van der Waals surface area (Å²) < 4.78 is 8.97. The summed E-state index contributed by atoms with van der Waals surface area (Å²) in [7, 11) is 0. The molecule has 0 aliphatic heterocycles. The molecule has 1 N–H and O–H groups in total. The summed E-state index contributed by atoms with van der Waals surface area (Å²) in [5.74, 6) is -0.643. The van der Waals surface area contributed by atoms with Crippen LogP contribution in [0.4, 0.5) is 4.79 Å². The normalized spacial score (nSPS) is 11.8. The lowest BCUT2D eigenvalue weighted by Crippen LogP contribution is -2.17. The molecule has 0 saturated carbocycles. The predicted molar refractivity (Wildman–Crippen MR) is 44.4 cm³/mol. The maximum Gasteiger partial charge on any atom is 0.505 e. The van der Waals surface area contributed by atoms with Gasteiger partial charge in [0.1, 0.15) is 0 Å². The van der Waals surface area contributed by atoms with Gasteiger partial charge in [0, 0.05) is 0 Å². The van der Waals surface area contributed by atoms with Crippen LogP contribution in [0.1, 0.15) is 20.3 Å². The van der Waals surface area contributed by atoms with E-state index in [4.69, 9.17) is 9.84 Å². The molecular weight excluding hydrogens is 176 g/mol. The molecule has 0 rings (SSSR count). The fourth-order valence-electron chi connectivity index (χ4n) is 0.725. The number of hydrogen-bond acceptors (Lipinski definition) is 4. The topological polar surface area (TPSA) is 72.8 Å². The molecule has 0 radical (unpaired) electrons. The third-order valence-electron chi connectivity index (χ3n) is 1.47. The van der Waals surface area contributed by atoms with E-state index < -0.39 is 6.16 Å². The molecule has 0 fully saturated rings. The van der Waals surface area contributed by atoms with Crippen molar-refractivity contribution in [2.75, 3.05) is 13.2 Å². The first-order chi connectivity index (χ1) is 6.07. The van der Waals surface area contributed by atoms with E-state index in [1.807, 2.05) is 0 Å². The van der Waals surface area contributed by atoms with E-state index in [9.17, 15) is 9.59 Å². The monoisotopic (exact) mass is 190 g/mol. The minimum atomic E-state index is -1.32. The summed E-state index contributed by atoms with van der Waals surface area (Å²) >= 11 is 0. The fraction of sp³-hybridized carbons (Fsp3) is 0.750. The molecule has 5 nitrogen and oxygen atoms in total. The Balaban J connectivity index is 3.55. The van der Waals surface area contributed by atoms with Crippen molar-refractivity contribution < 1.29 is 24.2 Å². The van der Waals surface area contributed by atoms with Crippen molar-refractivity contribution in [3.05, 3.63) is 0 Å². The van der Waals surface area contributed by atoms with E-state index in [-0.39, 0.29) is 18.5 Å². The third kappa shape index (κ3) is 5.95. The molecule has 5 heteroatoms. The van der Waals surface area contributed by atoms with Gasteiger partial charge in [0.05, 0.1) is 19.1 Å². The molecule has 0 bridgehead atoms. The summed E-state index contributed by atoms with van der Waals surface area (Å²) in [5, 5.41) is 8.13. The molecule has 0 aromatic carbocycles. The Hall–Kier alpha value is -1.26. The summed E-state index contributed by atoms with van der Waals surface area (Å²) in [6.07, 6.45) is -0.971. The summed E-state index contributed by atoms with van der Waals surface area (Å²) in [6.45, 7) is 3.75. The molecule has 0 saturated heterocycles. The molecule has 0 heterocycles. The van der Waals surface area contributed by atoms with E-state index in [0.29, 0.717) is 13.0 Å². The van der Waals surface area contributed by atoms with Crippen molar-refractivity contribution in [3.63, 3.8) is 0 Å². The number of rotatable bonds is 5. The highest BCUT2D eigenvalue weighted by atomic mass is 16.7. The van der Waals surface area contributed by atoms with Crippen molar-refractivity contribution in [2.45, 2.75) is 20.3 Å². The van der Waals surface area contributed by atoms with Crippen molar-refractivity contribution in [1.82, 2.24) is 0 Å². The zero-order valence-corrected chi connectivity index (χ0v) is 7.78. The highest BCUT2D eigenvalue weighted by molar-refractivity contribution is 5.71. The first kappa shape index (κ1) is 11.7. The van der Waals surface area contributed by atoms with E-state index in [0.717, 1.165) is 0 Å². The first-order valence-electron chi connectivity index (χ1n) is 4.10. The molecule has 1 atom stereocenters. The SMILES string of the molecule is CCOC(=O)C(C)CCOC(=O)O. The maximum absolute atomic E-state index is 11.0. The van der Waals surface area contributed by atoms with Gasteiger partial charge < -0.3 is 14.6 Å². The molecule has 76 valence electrons. The fourth-order valence-corrected chi connectivity index (χ4v) is 0.725. The lowest BCUT2D eigenvalue weighted by Gasteiger charge is -2.09. The van der Waals surface area contributed by atoms with Gasteiger partial charge in [-0.3, -0.25) is 4.79 Å². The molecule has 0 aromatic rings. The second kappa shape index (κ2) is 6.28. The average molecular weight is 190 g/mol. The Kier molecular flexibility index (Phi) is 5.67. The third-order valence-corrected chi connectivity index (χ3v) is 1.47. The van der Waals surface area contributed by atoms with Crippen LogP contribution in [0.5, 0.6) is 0 Å². The van der Waals surface area contributed by atoms with Crippen molar-refractivity contribution >= 4 is 12.1 Å². The number of carboxylic acid groups (broad SMARTS) is 1. The quantitative estimate of drug-likeness (QED) is 0.661. The van der Waals surface area contributed by atoms with Gasteiger partial charge in [-0.05, 0) is 13.3 Å². The number of hydrogen-bond donors (Lipinski definition) is 1. The number of carbonyl (C=O) groups excluding carboxylic acids is 1. The number of esters is 1. The molecule has 0 amide bonds. The zero-order chi connectivity index (χ0) is 10.3. The number of carbonyl (C=O) groups is 2. The largest absolute Gasteiger partial charge is 0.505 e. The van der Waals surface area contributed by atoms with Crippen LogP contribution in [0.25, 0.3) is 0 Å². The lowest BCUT2D eigenvalue weighted by molar-refractivity contribution is -0.147. The van der Waals surface area contributed by atoms with E-state index in [1.165, 1.54) is 0 Å². The van der Waals surface area contributed by atoms with Crippen molar-refractivity contribution in [1.29, 1.82) is 0 Å². The highest BCUT2D eigenvalue weighted by Crippen LogP contribution is 2.04. The van der Waals surface area contributed by atoms with Crippen LogP contribution >= 0.6 is 0 Å². The Bertz CT molecular complexity index is 177. The molecule has 0 aliphatic rings. The van der Waals surface area contributed by atoms with Gasteiger partial charge >= 0.3 is 12.1 Å². The summed E-state index contributed by atoms with van der Waals surface area (Å²) in [6, 6.07) is 0. The van der Waals surface area contributed by atoms with Crippen LogP contribution in [0.15, 0.2) is 0 Å². The van der Waals surface area contributed by atoms with Gasteiger partial charge in [-0.1, -0.05) is 6.92 Å². The van der Waals surface area contributed by atoms with Gasteiger partial charge in [-0.2, -0.15) is 0 Å². The average Bonchev–Trinajstić information content (AvgIpc) is 2.04. The Morgan fingerprint density at radius 2 is 2.00 bits per heavy atom. The Morgan fingerprint density at radius 1 is 1.38 bits per heavy atom. The zero-order valence-electron chi connectivity index (χ0n) is 7.78. The van der Waals surface area contributed by atoms with Crippen LogP contribution in [0, 0.1) is 5.92 Å². The van der Waals surface area contributed by atoms with Gasteiger partial charge in [0.2, 0.25) is 0 Å². The summed E-state index contributed by atoms with van der Waals surface area (Å²) in [4.78, 5) is 20.9. The predicted octanol–water partition coefficient (Wildman–Crippen LogP) is 1.27. The minimum absolute atomic E-state index is 0.0231. The van der Waals surface area contributed by atoms with Crippen LogP contribution in [-0.2, 0) is 14.3 Å². The van der Waals surface area contributed by atoms with Gasteiger partial charge in [0.25, 0.3) is 0 Å². The Labute approximate surface area is 76.6 Å². The molecular formula is C8H14O5. The van der Waals surface area contributed by atoms with Crippen LogP contribution < -0.4 is 0 Å². The summed E-state index contributed by atoms with van der Waals surface area (Å²) in [5.41, 5.74) is 0.